The molecule has 1 aliphatic rings. The Hall–Kier alpha value is -4.29. The first-order chi connectivity index (χ1) is 17.0. The molecule has 0 bridgehead atoms. The quantitative estimate of drug-likeness (QED) is 0.327. The number of nitrogens with one attached hydrogen (secondary N) is 1. The first-order valence-electron chi connectivity index (χ1n) is 10.8. The van der Waals surface area contributed by atoms with Crippen LogP contribution in [-0.2, 0) is 24.6 Å². The summed E-state index contributed by atoms with van der Waals surface area (Å²) >= 11 is 0. The summed E-state index contributed by atoms with van der Waals surface area (Å²) in [7, 11) is 1.70. The van der Waals surface area contributed by atoms with E-state index in [1.165, 1.54) is 12.1 Å². The van der Waals surface area contributed by atoms with Gasteiger partial charge in [0.1, 0.15) is 5.82 Å². The fraction of sp³-hybridized carbons (Fsp3) is 0.261. The van der Waals surface area contributed by atoms with Crippen LogP contribution < -0.4 is 11.2 Å². The Morgan fingerprint density at radius 3 is 2.56 bits per heavy atom. The van der Waals surface area contributed by atoms with E-state index >= 15 is 0 Å². The average molecular weight is 501 g/mol. The van der Waals surface area contributed by atoms with Crippen LogP contribution >= 0.6 is 0 Å². The van der Waals surface area contributed by atoms with E-state index in [2.05, 4.69) is 20.5 Å². The Labute approximate surface area is 200 Å². The zero-order valence-electron chi connectivity index (χ0n) is 18.8. The maximum absolute atomic E-state index is 14.4. The third-order valence-corrected chi connectivity index (χ3v) is 6.00. The van der Waals surface area contributed by atoms with Crippen molar-refractivity contribution in [2.75, 3.05) is 5.73 Å². The Bertz CT molecular complexity index is 1510. The molecule has 0 saturated heterocycles. The van der Waals surface area contributed by atoms with E-state index < -0.39 is 35.8 Å². The van der Waals surface area contributed by atoms with E-state index in [4.69, 9.17) is 5.73 Å². The van der Waals surface area contributed by atoms with Gasteiger partial charge in [0.25, 0.3) is 11.8 Å². The molecule has 0 radical (unpaired) electrons. The molecule has 1 saturated carbocycles. The Morgan fingerprint density at radius 1 is 1.17 bits per heavy atom. The topological polar surface area (TPSA) is 119 Å². The molecule has 1 aromatic carbocycles. The first-order valence-corrected chi connectivity index (χ1v) is 10.8. The summed E-state index contributed by atoms with van der Waals surface area (Å²) in [5.41, 5.74) is 6.54. The highest BCUT2D eigenvalue weighted by atomic mass is 19.4. The smallest absolute Gasteiger partial charge is 0.383 e. The molecule has 0 aliphatic heterocycles. The zero-order valence-corrected chi connectivity index (χ0v) is 18.8. The predicted octanol–water partition coefficient (Wildman–Crippen LogP) is 3.29. The van der Waals surface area contributed by atoms with Gasteiger partial charge in [0.2, 0.25) is 0 Å². The van der Waals surface area contributed by atoms with Crippen molar-refractivity contribution in [1.29, 1.82) is 0 Å². The van der Waals surface area contributed by atoms with Crippen molar-refractivity contribution >= 4 is 39.4 Å². The number of amides is 2. The van der Waals surface area contributed by atoms with Crippen LogP contribution in [0.1, 0.15) is 34.5 Å². The van der Waals surface area contributed by atoms with Gasteiger partial charge in [-0.2, -0.15) is 18.3 Å². The fourth-order valence-electron chi connectivity index (χ4n) is 3.82. The summed E-state index contributed by atoms with van der Waals surface area (Å²) in [5.74, 6) is -1.46. The van der Waals surface area contributed by atoms with Crippen LogP contribution in [0, 0.1) is 0 Å². The van der Waals surface area contributed by atoms with E-state index in [1.54, 1.807) is 24.0 Å². The van der Waals surface area contributed by atoms with Gasteiger partial charge in [0.15, 0.2) is 5.67 Å². The number of carbonyl (C=O) groups excluding carboxylic acids is 2. The molecule has 1 fully saturated rings. The molecule has 0 spiro atoms. The molecule has 5 rings (SSSR count). The van der Waals surface area contributed by atoms with Crippen LogP contribution in [0.4, 0.5) is 23.4 Å². The molecule has 0 unspecified atom stereocenters. The molecule has 2 amide bonds. The van der Waals surface area contributed by atoms with E-state index in [-0.39, 0.29) is 29.9 Å². The number of hydrogen-bond donors (Lipinski definition) is 2. The van der Waals surface area contributed by atoms with Gasteiger partial charge >= 0.3 is 6.18 Å². The number of rotatable bonds is 4. The molecule has 36 heavy (non-hydrogen) atoms. The highest BCUT2D eigenvalue weighted by Gasteiger charge is 2.51. The van der Waals surface area contributed by atoms with Crippen LogP contribution in [0.5, 0.6) is 0 Å². The summed E-state index contributed by atoms with van der Waals surface area (Å²) in [6, 6.07) is 6.47. The van der Waals surface area contributed by atoms with Gasteiger partial charge in [-0.3, -0.25) is 24.7 Å². The number of nitrogens with two attached hydrogens (primary N) is 1. The van der Waals surface area contributed by atoms with Gasteiger partial charge in [-0.25, -0.2) is 14.4 Å². The lowest BCUT2D eigenvalue weighted by molar-refractivity contribution is -0.137. The third-order valence-electron chi connectivity index (χ3n) is 6.00. The Balaban J connectivity index is 1.51. The van der Waals surface area contributed by atoms with Gasteiger partial charge < -0.3 is 5.73 Å². The van der Waals surface area contributed by atoms with Gasteiger partial charge in [0, 0.05) is 24.2 Å². The number of anilines is 1. The number of aryl methyl sites for hydroxylation is 1. The molecule has 186 valence electrons. The predicted molar refractivity (Wildman–Crippen MR) is 121 cm³/mol. The van der Waals surface area contributed by atoms with Crippen LogP contribution in [0.2, 0.25) is 0 Å². The van der Waals surface area contributed by atoms with Crippen molar-refractivity contribution in [1.82, 2.24) is 30.2 Å². The van der Waals surface area contributed by atoms with Crippen molar-refractivity contribution in [2.24, 2.45) is 7.05 Å². The lowest BCUT2D eigenvalue weighted by Gasteiger charge is -2.24. The minimum atomic E-state index is -4.58. The molecule has 4 aromatic rings. The van der Waals surface area contributed by atoms with E-state index in [0.717, 1.165) is 17.1 Å². The van der Waals surface area contributed by atoms with Crippen LogP contribution in [0.3, 0.4) is 0 Å². The molecule has 9 nitrogen and oxygen atoms in total. The maximum Gasteiger partial charge on any atom is 0.417 e. The highest BCUT2D eigenvalue weighted by molar-refractivity contribution is 6.10. The zero-order chi connectivity index (χ0) is 25.8. The molecule has 1 aliphatic carbocycles. The van der Waals surface area contributed by atoms with Gasteiger partial charge in [-0.15, -0.1) is 0 Å². The second-order valence-electron chi connectivity index (χ2n) is 8.59. The number of halogens is 4. The standard InChI is InChI=1S/C23H19F4N7O2/c1-33-18-15-8-12(2-5-17(15)31-19(28)16(18)10-30-33)20(35)34(32-21(36)22(24)6-7-22)11-14-4-3-13(9-29-14)23(25,26)27/h2-5,8-10H,6-7,11H2,1H3,(H2,28,31)(H,32,36). The van der Waals surface area contributed by atoms with Gasteiger partial charge in [0.05, 0.1) is 40.4 Å². The van der Waals surface area contributed by atoms with Crippen molar-refractivity contribution in [3.63, 3.8) is 0 Å². The lowest BCUT2D eigenvalue weighted by Crippen LogP contribution is -2.49. The number of pyridine rings is 2. The summed E-state index contributed by atoms with van der Waals surface area (Å²) < 4.78 is 54.6. The van der Waals surface area contributed by atoms with Gasteiger partial charge in [-0.05, 0) is 43.2 Å². The van der Waals surface area contributed by atoms with Gasteiger partial charge in [-0.1, -0.05) is 0 Å². The number of nitrogens with zero attached hydrogens (tertiary/aromatic N) is 5. The molecule has 3 N–H and O–H groups in total. The van der Waals surface area contributed by atoms with E-state index in [0.29, 0.717) is 28.0 Å². The van der Waals surface area contributed by atoms with Crippen molar-refractivity contribution in [2.45, 2.75) is 31.2 Å². The Morgan fingerprint density at radius 2 is 1.92 bits per heavy atom. The number of alkyl halides is 4. The van der Waals surface area contributed by atoms with Crippen molar-refractivity contribution < 1.29 is 27.2 Å². The number of aromatic nitrogens is 4. The summed E-state index contributed by atoms with van der Waals surface area (Å²) in [6.45, 7) is -0.391. The third kappa shape index (κ3) is 4.16. The SMILES string of the molecule is Cn1ncc2c(N)nc3ccc(C(=O)N(Cc4ccc(C(F)(F)F)cn4)NC(=O)C4(F)CC4)cc3c21. The molecule has 13 heteroatoms. The van der Waals surface area contributed by atoms with Crippen LogP contribution in [0.15, 0.2) is 42.7 Å². The number of benzene rings is 1. The summed E-state index contributed by atoms with van der Waals surface area (Å²) in [5, 5.41) is 6.17. The van der Waals surface area contributed by atoms with Crippen molar-refractivity contribution in [3.8, 4) is 0 Å². The number of hydrazine groups is 1. The molecule has 3 heterocycles. The lowest BCUT2D eigenvalue weighted by atomic mass is 10.1. The number of fused-ring (bicyclic) bond motifs is 3. The number of nitrogen functional groups attached to an aromatic ring is 1. The average Bonchev–Trinajstić information content (AvgIpc) is 3.47. The minimum Gasteiger partial charge on any atom is -0.383 e. The number of carbonyl (C=O) groups is 2. The van der Waals surface area contributed by atoms with Crippen molar-refractivity contribution in [3.05, 3.63) is 59.5 Å². The van der Waals surface area contributed by atoms with Crippen LogP contribution in [0.25, 0.3) is 21.8 Å². The summed E-state index contributed by atoms with van der Waals surface area (Å²) in [6.07, 6.45) is -2.38. The molecule has 3 aromatic heterocycles. The maximum atomic E-state index is 14.4. The fourth-order valence-corrected chi connectivity index (χ4v) is 3.82. The highest BCUT2D eigenvalue weighted by Crippen LogP contribution is 2.40. The normalized spacial score (nSPS) is 14.7. The molecular weight excluding hydrogens is 482 g/mol. The molecular formula is C23H19F4N7O2. The van der Waals surface area contributed by atoms with Crippen LogP contribution in [-0.4, -0.2) is 42.2 Å². The molecule has 0 atom stereocenters. The first kappa shape index (κ1) is 23.5. The van der Waals surface area contributed by atoms with E-state index in [1.807, 2.05) is 0 Å². The Kier molecular flexibility index (Phi) is 5.30. The monoisotopic (exact) mass is 501 g/mol. The number of hydrogen-bond acceptors (Lipinski definition) is 6. The minimum absolute atomic E-state index is 0.0148. The second-order valence-corrected chi connectivity index (χ2v) is 8.59. The largest absolute Gasteiger partial charge is 0.417 e. The summed E-state index contributed by atoms with van der Waals surface area (Å²) in [4.78, 5) is 33.9. The second kappa shape index (κ2) is 8.14. The van der Waals surface area contributed by atoms with E-state index in [9.17, 15) is 27.2 Å².